The predicted octanol–water partition coefficient (Wildman–Crippen LogP) is 3.52. The van der Waals surface area contributed by atoms with Crippen molar-refractivity contribution in [1.29, 1.82) is 0 Å². The van der Waals surface area contributed by atoms with Gasteiger partial charge in [0.05, 0.1) is 5.56 Å². The van der Waals surface area contributed by atoms with Gasteiger partial charge in [0.15, 0.2) is 5.84 Å². The van der Waals surface area contributed by atoms with Crippen LogP contribution in [0.15, 0.2) is 28.3 Å². The fourth-order valence-electron chi connectivity index (χ4n) is 3.23. The van der Waals surface area contributed by atoms with Crippen LogP contribution in [0.25, 0.3) is 0 Å². The molecule has 0 aliphatic carbocycles. The number of thioether (sulfide) groups is 1. The Labute approximate surface area is 131 Å². The first-order chi connectivity index (χ1) is 10.1. The van der Waals surface area contributed by atoms with Crippen molar-refractivity contribution >= 4 is 23.3 Å². The minimum atomic E-state index is 0.195. The number of hydrogen-bond donors (Lipinski definition) is 2. The third-order valence-corrected chi connectivity index (χ3v) is 5.65. The van der Waals surface area contributed by atoms with Gasteiger partial charge < -0.3 is 15.8 Å². The van der Waals surface area contributed by atoms with E-state index in [0.29, 0.717) is 5.41 Å². The molecule has 0 radical (unpaired) electrons. The Balaban J connectivity index is 2.41. The number of anilines is 1. The molecule has 3 N–H and O–H groups in total. The Morgan fingerprint density at radius 3 is 2.67 bits per heavy atom. The van der Waals surface area contributed by atoms with Crippen LogP contribution in [0.3, 0.4) is 0 Å². The van der Waals surface area contributed by atoms with E-state index in [9.17, 15) is 0 Å². The predicted molar refractivity (Wildman–Crippen MR) is 90.6 cm³/mol. The van der Waals surface area contributed by atoms with Gasteiger partial charge in [0, 0.05) is 23.7 Å². The summed E-state index contributed by atoms with van der Waals surface area (Å²) in [6, 6.07) is 6.15. The van der Waals surface area contributed by atoms with Gasteiger partial charge in [-0.25, -0.2) is 0 Å². The Morgan fingerprint density at radius 2 is 2.14 bits per heavy atom. The Bertz CT molecular complexity index is 526. The van der Waals surface area contributed by atoms with Gasteiger partial charge in [-0.05, 0) is 43.1 Å². The van der Waals surface area contributed by atoms with Crippen LogP contribution in [0.4, 0.5) is 5.69 Å². The first kappa shape index (κ1) is 16.0. The molecule has 0 amide bonds. The van der Waals surface area contributed by atoms with Gasteiger partial charge in [0.2, 0.25) is 0 Å². The normalized spacial score (nSPS) is 18.2. The molecule has 4 nitrogen and oxygen atoms in total. The van der Waals surface area contributed by atoms with Crippen molar-refractivity contribution in [3.05, 3.63) is 23.8 Å². The standard InChI is InChI=1S/C16H25N3OS/c1-4-16(5-2)9-10-19(11-16)12-7-6-8-13(21-3)14(12)15(17)18-20/h6-8,20H,4-5,9-11H2,1-3H3,(H2,17,18). The third kappa shape index (κ3) is 2.98. The van der Waals surface area contributed by atoms with Gasteiger partial charge in [0.25, 0.3) is 0 Å². The Kier molecular flexibility index (Phi) is 5.04. The maximum Gasteiger partial charge on any atom is 0.173 e. The van der Waals surface area contributed by atoms with Gasteiger partial charge in [-0.1, -0.05) is 25.1 Å². The fourth-order valence-corrected chi connectivity index (χ4v) is 3.86. The number of nitrogens with zero attached hydrogens (tertiary/aromatic N) is 2. The number of rotatable bonds is 5. The van der Waals surface area contributed by atoms with Crippen LogP contribution >= 0.6 is 11.8 Å². The lowest BCUT2D eigenvalue weighted by Gasteiger charge is -2.28. The second-order valence-electron chi connectivity index (χ2n) is 5.72. The van der Waals surface area contributed by atoms with Gasteiger partial charge in [-0.3, -0.25) is 0 Å². The minimum absolute atomic E-state index is 0.195. The van der Waals surface area contributed by atoms with Crippen molar-refractivity contribution in [2.45, 2.75) is 38.0 Å². The van der Waals surface area contributed by atoms with E-state index in [-0.39, 0.29) is 5.84 Å². The van der Waals surface area contributed by atoms with E-state index in [2.05, 4.69) is 30.0 Å². The molecule has 1 aliphatic rings. The first-order valence-electron chi connectivity index (χ1n) is 7.50. The summed E-state index contributed by atoms with van der Waals surface area (Å²) in [6.45, 7) is 6.63. The summed E-state index contributed by atoms with van der Waals surface area (Å²) in [4.78, 5) is 3.44. The SMILES string of the molecule is CCC1(CC)CCN(c2cccc(SC)c2/C(N)=N/O)C1. The second kappa shape index (κ2) is 6.60. The van der Waals surface area contributed by atoms with Crippen LogP contribution in [-0.4, -0.2) is 30.4 Å². The smallest absolute Gasteiger partial charge is 0.173 e. The molecule has 1 aliphatic heterocycles. The summed E-state index contributed by atoms with van der Waals surface area (Å²) in [5.41, 5.74) is 8.27. The van der Waals surface area contributed by atoms with Gasteiger partial charge in [-0.15, -0.1) is 11.8 Å². The van der Waals surface area contributed by atoms with Gasteiger partial charge in [0.1, 0.15) is 0 Å². The highest BCUT2D eigenvalue weighted by atomic mass is 32.2. The molecule has 1 fully saturated rings. The van der Waals surface area contributed by atoms with Gasteiger partial charge in [-0.2, -0.15) is 0 Å². The molecule has 21 heavy (non-hydrogen) atoms. The number of oxime groups is 1. The monoisotopic (exact) mass is 307 g/mol. The fraction of sp³-hybridized carbons (Fsp3) is 0.562. The number of hydrogen-bond acceptors (Lipinski definition) is 4. The molecule has 2 rings (SSSR count). The van der Waals surface area contributed by atoms with Crippen molar-refractivity contribution in [3.8, 4) is 0 Å². The molecule has 0 aromatic heterocycles. The lowest BCUT2D eigenvalue weighted by Crippen LogP contribution is -2.28. The lowest BCUT2D eigenvalue weighted by molar-refractivity contribution is 0.301. The zero-order valence-electron chi connectivity index (χ0n) is 13.1. The lowest BCUT2D eigenvalue weighted by atomic mass is 9.82. The number of benzene rings is 1. The van der Waals surface area contributed by atoms with Crippen LogP contribution in [-0.2, 0) is 0 Å². The molecule has 0 bridgehead atoms. The maximum absolute atomic E-state index is 9.11. The van der Waals surface area contributed by atoms with Gasteiger partial charge >= 0.3 is 0 Å². The van der Waals surface area contributed by atoms with E-state index >= 15 is 0 Å². The zero-order chi connectivity index (χ0) is 15.5. The van der Waals surface area contributed by atoms with Crippen molar-refractivity contribution < 1.29 is 5.21 Å². The van der Waals surface area contributed by atoms with Crippen molar-refractivity contribution in [1.82, 2.24) is 0 Å². The van der Waals surface area contributed by atoms with Crippen LogP contribution in [0.5, 0.6) is 0 Å². The van der Waals surface area contributed by atoms with Crippen molar-refractivity contribution in [2.75, 3.05) is 24.2 Å². The molecular formula is C16H25N3OS. The zero-order valence-corrected chi connectivity index (χ0v) is 13.9. The molecule has 0 atom stereocenters. The minimum Gasteiger partial charge on any atom is -0.409 e. The summed E-state index contributed by atoms with van der Waals surface area (Å²) in [6.07, 6.45) is 5.61. The molecule has 1 aromatic rings. The highest BCUT2D eigenvalue weighted by molar-refractivity contribution is 7.98. The first-order valence-corrected chi connectivity index (χ1v) is 8.73. The highest BCUT2D eigenvalue weighted by Gasteiger charge is 2.36. The molecular weight excluding hydrogens is 282 g/mol. The van der Waals surface area contributed by atoms with E-state index in [1.807, 2.05) is 18.4 Å². The highest BCUT2D eigenvalue weighted by Crippen LogP contribution is 2.41. The summed E-state index contributed by atoms with van der Waals surface area (Å²) in [5, 5.41) is 12.3. The average molecular weight is 307 g/mol. The Morgan fingerprint density at radius 1 is 1.43 bits per heavy atom. The molecule has 116 valence electrons. The maximum atomic E-state index is 9.11. The van der Waals surface area contributed by atoms with E-state index in [1.54, 1.807) is 11.8 Å². The van der Waals surface area contributed by atoms with Crippen molar-refractivity contribution in [2.24, 2.45) is 16.3 Å². The molecule has 0 unspecified atom stereocenters. The Hall–Kier alpha value is -1.36. The second-order valence-corrected chi connectivity index (χ2v) is 6.57. The van der Waals surface area contributed by atoms with Crippen LogP contribution in [0.2, 0.25) is 0 Å². The largest absolute Gasteiger partial charge is 0.409 e. The molecule has 1 aromatic carbocycles. The quantitative estimate of drug-likeness (QED) is 0.287. The summed E-state index contributed by atoms with van der Waals surface area (Å²) < 4.78 is 0. The topological polar surface area (TPSA) is 61.8 Å². The van der Waals surface area contributed by atoms with E-state index in [4.69, 9.17) is 10.9 Å². The summed E-state index contributed by atoms with van der Waals surface area (Å²) >= 11 is 1.62. The van der Waals surface area contributed by atoms with E-state index in [0.717, 1.165) is 29.2 Å². The molecule has 1 heterocycles. The van der Waals surface area contributed by atoms with E-state index < -0.39 is 0 Å². The number of amidine groups is 1. The molecule has 0 saturated carbocycles. The van der Waals surface area contributed by atoms with Crippen LogP contribution < -0.4 is 10.6 Å². The van der Waals surface area contributed by atoms with Crippen LogP contribution in [0.1, 0.15) is 38.7 Å². The average Bonchev–Trinajstić information content (AvgIpc) is 2.98. The molecule has 0 spiro atoms. The van der Waals surface area contributed by atoms with E-state index in [1.165, 1.54) is 19.3 Å². The molecule has 1 saturated heterocycles. The number of nitrogens with two attached hydrogens (primary N) is 1. The molecule has 5 heteroatoms. The van der Waals surface area contributed by atoms with Crippen molar-refractivity contribution in [3.63, 3.8) is 0 Å². The summed E-state index contributed by atoms with van der Waals surface area (Å²) in [7, 11) is 0. The summed E-state index contributed by atoms with van der Waals surface area (Å²) in [5.74, 6) is 0.195. The third-order valence-electron chi connectivity index (χ3n) is 4.87. The van der Waals surface area contributed by atoms with Crippen LogP contribution in [0, 0.1) is 5.41 Å².